The molecule has 0 unspecified atom stereocenters. The first-order valence-corrected chi connectivity index (χ1v) is 6.93. The van der Waals surface area contributed by atoms with Gasteiger partial charge in [-0.05, 0) is 35.2 Å². The molecule has 0 N–H and O–H groups in total. The van der Waals surface area contributed by atoms with Crippen LogP contribution in [0.25, 0.3) is 0 Å². The molecule has 0 amide bonds. The Morgan fingerprint density at radius 2 is 1.70 bits per heavy atom. The molecule has 0 aliphatic rings. The van der Waals surface area contributed by atoms with Gasteiger partial charge in [0.2, 0.25) is 5.12 Å². The second-order valence-corrected chi connectivity index (χ2v) is 6.09. The molecule has 0 atom stereocenters. The molecule has 20 heavy (non-hydrogen) atoms. The van der Waals surface area contributed by atoms with Gasteiger partial charge in [0.25, 0.3) is 0 Å². The number of hydrogen-bond donors (Lipinski definition) is 1. The van der Waals surface area contributed by atoms with Crippen LogP contribution in [0.4, 0.5) is 0 Å². The van der Waals surface area contributed by atoms with Crippen molar-refractivity contribution < 1.29 is 9.53 Å². The highest BCUT2D eigenvalue weighted by Crippen LogP contribution is 2.32. The monoisotopic (exact) mass is 286 g/mol. The van der Waals surface area contributed by atoms with Crippen molar-refractivity contribution in [1.29, 1.82) is 0 Å². The average molecular weight is 286 g/mol. The Bertz CT molecular complexity index is 613. The number of carbonyl (C=O) groups excluding carboxylic acids is 1. The smallest absolute Gasteiger partial charge is 0.220 e. The maximum atomic E-state index is 11.6. The fraction of sp³-hybridized carbons (Fsp3) is 0.235. The largest absolute Gasteiger partial charge is 0.457 e. The summed E-state index contributed by atoms with van der Waals surface area (Å²) in [5.41, 5.74) is 1.58. The second-order valence-electron chi connectivity index (χ2n) is 5.68. The van der Waals surface area contributed by atoms with Crippen LogP contribution in [-0.4, -0.2) is 5.12 Å². The zero-order valence-electron chi connectivity index (χ0n) is 11.9. The quantitative estimate of drug-likeness (QED) is 0.817. The van der Waals surface area contributed by atoms with Gasteiger partial charge in [-0.15, -0.1) is 12.6 Å². The van der Waals surface area contributed by atoms with Gasteiger partial charge in [-0.25, -0.2) is 0 Å². The van der Waals surface area contributed by atoms with E-state index in [0.29, 0.717) is 17.1 Å². The fourth-order valence-electron chi connectivity index (χ4n) is 1.87. The predicted molar refractivity (Wildman–Crippen MR) is 85.0 cm³/mol. The van der Waals surface area contributed by atoms with Crippen molar-refractivity contribution in [1.82, 2.24) is 0 Å². The van der Waals surface area contributed by atoms with Crippen molar-refractivity contribution in [3.05, 3.63) is 59.7 Å². The van der Waals surface area contributed by atoms with Gasteiger partial charge in [-0.2, -0.15) is 0 Å². The Kier molecular flexibility index (Phi) is 4.19. The minimum Gasteiger partial charge on any atom is -0.457 e. The third-order valence-electron chi connectivity index (χ3n) is 3.05. The van der Waals surface area contributed by atoms with Crippen molar-refractivity contribution in [3.8, 4) is 11.5 Å². The SMILES string of the molecule is CC(C)(C)c1ccc(C(=O)S)c(Oc2ccccc2)c1. The Morgan fingerprint density at radius 3 is 2.25 bits per heavy atom. The summed E-state index contributed by atoms with van der Waals surface area (Å²) in [5.74, 6) is 1.25. The summed E-state index contributed by atoms with van der Waals surface area (Å²) in [5, 5.41) is -0.295. The highest BCUT2D eigenvalue weighted by molar-refractivity contribution is 7.97. The maximum Gasteiger partial charge on any atom is 0.220 e. The molecule has 2 aromatic carbocycles. The van der Waals surface area contributed by atoms with E-state index in [1.165, 1.54) is 0 Å². The third-order valence-corrected chi connectivity index (χ3v) is 3.29. The molecule has 0 aromatic heterocycles. The van der Waals surface area contributed by atoms with Crippen LogP contribution < -0.4 is 4.74 Å². The number of para-hydroxylation sites is 1. The van der Waals surface area contributed by atoms with E-state index in [9.17, 15) is 4.79 Å². The lowest BCUT2D eigenvalue weighted by Crippen LogP contribution is -2.11. The zero-order chi connectivity index (χ0) is 14.8. The van der Waals surface area contributed by atoms with Crippen LogP contribution in [0.2, 0.25) is 0 Å². The number of rotatable bonds is 3. The standard InChI is InChI=1S/C17H18O2S/c1-17(2,3)12-9-10-14(16(18)20)15(11-12)19-13-7-5-4-6-8-13/h4-11H,1-3H3,(H,18,20). The lowest BCUT2D eigenvalue weighted by Gasteiger charge is -2.21. The van der Waals surface area contributed by atoms with Crippen molar-refractivity contribution in [2.45, 2.75) is 26.2 Å². The summed E-state index contributed by atoms with van der Waals surface area (Å²) in [4.78, 5) is 11.6. The summed E-state index contributed by atoms with van der Waals surface area (Å²) in [6.45, 7) is 6.37. The van der Waals surface area contributed by atoms with E-state index < -0.39 is 0 Å². The van der Waals surface area contributed by atoms with Crippen LogP contribution in [0, 0.1) is 0 Å². The summed E-state index contributed by atoms with van der Waals surface area (Å²) in [6, 6.07) is 15.1. The Labute approximate surface area is 125 Å². The van der Waals surface area contributed by atoms with Gasteiger partial charge in [-0.1, -0.05) is 45.0 Å². The molecule has 3 heteroatoms. The molecule has 104 valence electrons. The summed E-state index contributed by atoms with van der Waals surface area (Å²) in [7, 11) is 0. The molecule has 2 aromatic rings. The Balaban J connectivity index is 2.45. The molecule has 0 fully saturated rings. The molecule has 0 heterocycles. The zero-order valence-corrected chi connectivity index (χ0v) is 12.8. The van der Waals surface area contributed by atoms with Crippen LogP contribution >= 0.6 is 12.6 Å². The fourth-order valence-corrected chi connectivity index (χ4v) is 2.05. The predicted octanol–water partition coefficient (Wildman–Crippen LogP) is 4.85. The van der Waals surface area contributed by atoms with Gasteiger partial charge in [0, 0.05) is 0 Å². The van der Waals surface area contributed by atoms with Gasteiger partial charge in [0.05, 0.1) is 5.56 Å². The van der Waals surface area contributed by atoms with Gasteiger partial charge >= 0.3 is 0 Å². The molecule has 0 radical (unpaired) electrons. The molecule has 0 saturated carbocycles. The van der Waals surface area contributed by atoms with Crippen LogP contribution in [0.5, 0.6) is 11.5 Å². The first-order chi connectivity index (χ1) is 9.38. The van der Waals surface area contributed by atoms with Crippen molar-refractivity contribution in [2.75, 3.05) is 0 Å². The first-order valence-electron chi connectivity index (χ1n) is 6.48. The number of thiol groups is 1. The maximum absolute atomic E-state index is 11.6. The van der Waals surface area contributed by atoms with Gasteiger partial charge in [0.1, 0.15) is 11.5 Å². The average Bonchev–Trinajstić information content (AvgIpc) is 2.38. The second kappa shape index (κ2) is 5.71. The highest BCUT2D eigenvalue weighted by Gasteiger charge is 2.18. The molecule has 0 saturated heterocycles. The van der Waals surface area contributed by atoms with Crippen molar-refractivity contribution >= 4 is 17.7 Å². The number of ether oxygens (including phenoxy) is 1. The summed E-state index contributed by atoms with van der Waals surface area (Å²) >= 11 is 3.91. The van der Waals surface area contributed by atoms with E-state index in [-0.39, 0.29) is 10.5 Å². The lowest BCUT2D eigenvalue weighted by atomic mass is 9.86. The van der Waals surface area contributed by atoms with E-state index in [4.69, 9.17) is 4.74 Å². The van der Waals surface area contributed by atoms with Crippen LogP contribution in [-0.2, 0) is 5.41 Å². The molecule has 0 spiro atoms. The molecule has 2 rings (SSSR count). The molecule has 0 aliphatic carbocycles. The van der Waals surface area contributed by atoms with Crippen LogP contribution in [0.1, 0.15) is 36.7 Å². The van der Waals surface area contributed by atoms with Gasteiger partial charge < -0.3 is 4.74 Å². The third kappa shape index (κ3) is 3.42. The minimum atomic E-state index is -0.295. The van der Waals surface area contributed by atoms with Crippen LogP contribution in [0.3, 0.4) is 0 Å². The van der Waals surface area contributed by atoms with E-state index >= 15 is 0 Å². The summed E-state index contributed by atoms with van der Waals surface area (Å²) in [6.07, 6.45) is 0. The topological polar surface area (TPSA) is 26.3 Å². The van der Waals surface area contributed by atoms with Crippen molar-refractivity contribution in [2.24, 2.45) is 0 Å². The number of benzene rings is 2. The van der Waals surface area contributed by atoms with Crippen molar-refractivity contribution in [3.63, 3.8) is 0 Å². The van der Waals surface area contributed by atoms with E-state index in [0.717, 1.165) is 5.56 Å². The molecule has 0 bridgehead atoms. The Hall–Kier alpha value is -1.74. The first kappa shape index (κ1) is 14.7. The van der Waals surface area contributed by atoms with Crippen LogP contribution in [0.15, 0.2) is 48.5 Å². The molecular formula is C17H18O2S. The molecule has 0 aliphatic heterocycles. The highest BCUT2D eigenvalue weighted by atomic mass is 32.1. The van der Waals surface area contributed by atoms with E-state index in [1.807, 2.05) is 42.5 Å². The number of carbonyl (C=O) groups is 1. The van der Waals surface area contributed by atoms with E-state index in [2.05, 4.69) is 33.4 Å². The molecular weight excluding hydrogens is 268 g/mol. The normalized spacial score (nSPS) is 11.2. The molecule has 2 nitrogen and oxygen atoms in total. The summed E-state index contributed by atoms with van der Waals surface area (Å²) < 4.78 is 5.84. The lowest BCUT2D eigenvalue weighted by molar-refractivity contribution is 0.108. The Morgan fingerprint density at radius 1 is 1.05 bits per heavy atom. The minimum absolute atomic E-state index is 0.00697. The van der Waals surface area contributed by atoms with Gasteiger partial charge in [0.15, 0.2) is 0 Å². The van der Waals surface area contributed by atoms with Gasteiger partial charge in [-0.3, -0.25) is 4.79 Å². The number of hydrogen-bond acceptors (Lipinski definition) is 2. The van der Waals surface area contributed by atoms with E-state index in [1.54, 1.807) is 6.07 Å².